The quantitative estimate of drug-likeness (QED) is 0.459. The minimum atomic E-state index is -0.991. The number of hydrogen-bond donors (Lipinski definition) is 3. The van der Waals surface area contributed by atoms with E-state index < -0.39 is 23.6 Å². The van der Waals surface area contributed by atoms with Gasteiger partial charge >= 0.3 is 6.09 Å². The van der Waals surface area contributed by atoms with Crippen LogP contribution in [0.4, 0.5) is 4.79 Å². The molecule has 1 aliphatic rings. The fourth-order valence-corrected chi connectivity index (χ4v) is 3.77. The Bertz CT molecular complexity index is 849. The number of aromatic hydroxyl groups is 1. The number of phenols is 1. The van der Waals surface area contributed by atoms with Crippen molar-refractivity contribution in [2.24, 2.45) is 5.92 Å². The highest BCUT2D eigenvalue weighted by molar-refractivity contribution is 5.91. The Labute approximate surface area is 197 Å². The molecular weight excluding hydrogens is 422 g/mol. The molecule has 1 saturated carbocycles. The van der Waals surface area contributed by atoms with Crippen molar-refractivity contribution in [1.82, 2.24) is 15.5 Å². The van der Waals surface area contributed by atoms with Gasteiger partial charge in [-0.2, -0.15) is 0 Å². The second-order valence-corrected chi connectivity index (χ2v) is 9.85. The first-order chi connectivity index (χ1) is 15.5. The topological polar surface area (TPSA) is 108 Å². The number of ether oxygens (including phenoxy) is 1. The molecule has 3 amide bonds. The highest BCUT2D eigenvalue weighted by Crippen LogP contribution is 2.42. The first-order valence-corrected chi connectivity index (χ1v) is 11.8. The average molecular weight is 462 g/mol. The lowest BCUT2D eigenvalue weighted by Gasteiger charge is -2.32. The van der Waals surface area contributed by atoms with Crippen LogP contribution in [0, 0.1) is 12.8 Å². The van der Waals surface area contributed by atoms with Crippen LogP contribution in [0.1, 0.15) is 77.5 Å². The summed E-state index contributed by atoms with van der Waals surface area (Å²) >= 11 is 0. The highest BCUT2D eigenvalue weighted by atomic mass is 16.6. The maximum atomic E-state index is 13.4. The number of phenolic OH excluding ortho intramolecular Hbond substituents is 1. The second-order valence-electron chi connectivity index (χ2n) is 9.85. The zero-order chi connectivity index (χ0) is 24.8. The number of hydrogen-bond acceptors (Lipinski definition) is 5. The smallest absolute Gasteiger partial charge is 0.408 e. The molecule has 8 heteroatoms. The van der Waals surface area contributed by atoms with Gasteiger partial charge in [-0.3, -0.25) is 9.59 Å². The van der Waals surface area contributed by atoms with E-state index in [4.69, 9.17) is 4.74 Å². The van der Waals surface area contributed by atoms with Crippen molar-refractivity contribution in [3.63, 3.8) is 0 Å². The van der Waals surface area contributed by atoms with E-state index in [1.165, 1.54) is 4.90 Å². The normalized spacial score (nSPS) is 18.2. The third-order valence-electron chi connectivity index (χ3n) is 5.66. The zero-order valence-electron chi connectivity index (χ0n) is 20.7. The largest absolute Gasteiger partial charge is 0.507 e. The number of carbonyl (C=O) groups excluding carboxylic acids is 3. The first kappa shape index (κ1) is 26.5. The molecule has 0 heterocycles. The molecule has 0 spiro atoms. The van der Waals surface area contributed by atoms with Crippen LogP contribution in [0.25, 0.3) is 0 Å². The summed E-state index contributed by atoms with van der Waals surface area (Å²) in [6.45, 7) is 11.3. The summed E-state index contributed by atoms with van der Waals surface area (Å²) in [5.74, 6) is -0.517. The molecule has 184 valence electrons. The molecule has 0 saturated heterocycles. The van der Waals surface area contributed by atoms with Gasteiger partial charge in [0, 0.05) is 18.2 Å². The Hall–Kier alpha value is -2.77. The Morgan fingerprint density at radius 2 is 1.88 bits per heavy atom. The lowest BCUT2D eigenvalue weighted by atomic mass is 9.99. The molecule has 33 heavy (non-hydrogen) atoms. The van der Waals surface area contributed by atoms with Gasteiger partial charge in [-0.25, -0.2) is 4.79 Å². The van der Waals surface area contributed by atoms with E-state index in [-0.39, 0.29) is 30.2 Å². The molecule has 0 aromatic heterocycles. The van der Waals surface area contributed by atoms with E-state index >= 15 is 0 Å². The number of amides is 3. The van der Waals surface area contributed by atoms with Crippen LogP contribution in [0.5, 0.6) is 5.75 Å². The number of alkyl carbamates (subject to hydrolysis) is 1. The maximum absolute atomic E-state index is 13.4. The van der Waals surface area contributed by atoms with Crippen molar-refractivity contribution in [2.45, 2.75) is 84.9 Å². The maximum Gasteiger partial charge on any atom is 0.408 e. The summed E-state index contributed by atoms with van der Waals surface area (Å²) in [7, 11) is 0. The van der Waals surface area contributed by atoms with E-state index in [1.807, 2.05) is 6.92 Å². The van der Waals surface area contributed by atoms with Crippen molar-refractivity contribution in [2.75, 3.05) is 13.1 Å². The van der Waals surface area contributed by atoms with E-state index in [2.05, 4.69) is 17.6 Å². The summed E-state index contributed by atoms with van der Waals surface area (Å²) in [6.07, 6.45) is 2.91. The van der Waals surface area contributed by atoms with Crippen LogP contribution in [-0.4, -0.2) is 52.6 Å². The molecule has 1 aromatic rings. The molecule has 8 nitrogen and oxygen atoms in total. The fourth-order valence-electron chi connectivity index (χ4n) is 3.77. The molecule has 2 rings (SSSR count). The third kappa shape index (κ3) is 7.65. The Morgan fingerprint density at radius 3 is 2.45 bits per heavy atom. The molecule has 1 aliphatic carbocycles. The standard InChI is InChI=1S/C25H39N3O5/c1-7-8-9-13-26-23(31)21(18-12-10-11-16(2)22(18)30)28(19-14-17(19)3)20(29)15-27-24(32)33-25(4,5)6/h10-12,17,19,21,30H,7-9,13-15H2,1-6H3,(H,26,31)(H,27,32). The summed E-state index contributed by atoms with van der Waals surface area (Å²) in [5.41, 5.74) is 0.318. The summed E-state index contributed by atoms with van der Waals surface area (Å²) in [5, 5.41) is 16.2. The number of para-hydroxylation sites is 1. The number of rotatable bonds is 10. The van der Waals surface area contributed by atoms with Crippen molar-refractivity contribution in [3.8, 4) is 5.75 Å². The Morgan fingerprint density at radius 1 is 1.21 bits per heavy atom. The van der Waals surface area contributed by atoms with Gasteiger partial charge in [0.25, 0.3) is 0 Å². The molecular formula is C25H39N3O5. The number of nitrogens with zero attached hydrogens (tertiary/aromatic N) is 1. The minimum Gasteiger partial charge on any atom is -0.507 e. The number of aryl methyl sites for hydroxylation is 1. The van der Waals surface area contributed by atoms with Crippen LogP contribution in [-0.2, 0) is 14.3 Å². The Kier molecular flexibility index (Phi) is 9.14. The number of nitrogens with one attached hydrogen (secondary N) is 2. The predicted octanol–water partition coefficient (Wildman–Crippen LogP) is 3.81. The molecule has 1 aromatic carbocycles. The molecule has 0 aliphatic heterocycles. The van der Waals surface area contributed by atoms with Gasteiger partial charge in [0.2, 0.25) is 11.8 Å². The van der Waals surface area contributed by atoms with Crippen LogP contribution >= 0.6 is 0 Å². The average Bonchev–Trinajstić information content (AvgIpc) is 3.44. The van der Waals surface area contributed by atoms with Gasteiger partial charge in [0.05, 0.1) is 0 Å². The number of carbonyl (C=O) groups is 3. The molecule has 0 bridgehead atoms. The van der Waals surface area contributed by atoms with Gasteiger partial charge in [-0.15, -0.1) is 0 Å². The minimum absolute atomic E-state index is 0.00240. The van der Waals surface area contributed by atoms with Crippen molar-refractivity contribution < 1.29 is 24.2 Å². The van der Waals surface area contributed by atoms with Gasteiger partial charge < -0.3 is 25.4 Å². The molecule has 3 unspecified atom stereocenters. The molecule has 3 atom stereocenters. The molecule has 1 fully saturated rings. The van der Waals surface area contributed by atoms with Gasteiger partial charge in [0.1, 0.15) is 23.9 Å². The fraction of sp³-hybridized carbons (Fsp3) is 0.640. The summed E-state index contributed by atoms with van der Waals surface area (Å²) < 4.78 is 5.23. The first-order valence-electron chi connectivity index (χ1n) is 11.8. The van der Waals surface area contributed by atoms with Crippen LogP contribution in [0.3, 0.4) is 0 Å². The van der Waals surface area contributed by atoms with Crippen LogP contribution in [0.2, 0.25) is 0 Å². The lowest BCUT2D eigenvalue weighted by Crippen LogP contribution is -2.49. The molecule has 0 radical (unpaired) electrons. The number of benzene rings is 1. The van der Waals surface area contributed by atoms with E-state index in [0.29, 0.717) is 17.7 Å². The second kappa shape index (κ2) is 11.4. The van der Waals surface area contributed by atoms with Crippen LogP contribution in [0.15, 0.2) is 18.2 Å². The van der Waals surface area contributed by atoms with Crippen molar-refractivity contribution >= 4 is 17.9 Å². The van der Waals surface area contributed by atoms with Crippen LogP contribution < -0.4 is 10.6 Å². The zero-order valence-corrected chi connectivity index (χ0v) is 20.7. The van der Waals surface area contributed by atoms with Crippen molar-refractivity contribution in [3.05, 3.63) is 29.3 Å². The van der Waals surface area contributed by atoms with E-state index in [1.54, 1.807) is 45.9 Å². The van der Waals surface area contributed by atoms with Gasteiger partial charge in [-0.1, -0.05) is 44.9 Å². The van der Waals surface area contributed by atoms with Crippen molar-refractivity contribution in [1.29, 1.82) is 0 Å². The third-order valence-corrected chi connectivity index (χ3v) is 5.66. The van der Waals surface area contributed by atoms with E-state index in [0.717, 1.165) is 25.7 Å². The van der Waals surface area contributed by atoms with E-state index in [9.17, 15) is 19.5 Å². The summed E-state index contributed by atoms with van der Waals surface area (Å²) in [4.78, 5) is 40.3. The lowest BCUT2D eigenvalue weighted by molar-refractivity contribution is -0.141. The number of unbranched alkanes of at least 4 members (excludes halogenated alkanes) is 2. The predicted molar refractivity (Wildman–Crippen MR) is 127 cm³/mol. The molecule has 3 N–H and O–H groups in total. The van der Waals surface area contributed by atoms with Gasteiger partial charge in [-0.05, 0) is 52.0 Å². The monoisotopic (exact) mass is 461 g/mol. The SMILES string of the molecule is CCCCCNC(=O)C(c1cccc(C)c1O)N(C(=O)CNC(=O)OC(C)(C)C)C1CC1C. The van der Waals surface area contributed by atoms with Gasteiger partial charge in [0.15, 0.2) is 0 Å². The summed E-state index contributed by atoms with van der Waals surface area (Å²) in [6, 6.07) is 4.05. The highest BCUT2D eigenvalue weighted by Gasteiger charge is 2.47. The Balaban J connectivity index is 2.30.